The first-order chi connectivity index (χ1) is 9.47. The van der Waals surface area contributed by atoms with Crippen molar-refractivity contribution in [3.63, 3.8) is 0 Å². The SMILES string of the molecule is NC(=NC(=O)c1nc(Cl)c(N)nc1N)NC1NCCS1. The van der Waals surface area contributed by atoms with Gasteiger partial charge in [0.25, 0.3) is 0 Å². The number of carbonyl (C=O) groups excluding carboxylic acids is 1. The first kappa shape index (κ1) is 14.6. The summed E-state index contributed by atoms with van der Waals surface area (Å²) in [6.07, 6.45) is 0. The first-order valence-corrected chi connectivity index (χ1v) is 6.98. The minimum absolute atomic E-state index is 0.0453. The monoisotopic (exact) mass is 316 g/mol. The summed E-state index contributed by atoms with van der Waals surface area (Å²) in [6, 6.07) is 0. The maximum Gasteiger partial charge on any atom is 0.302 e. The zero-order valence-electron chi connectivity index (χ0n) is 10.3. The lowest BCUT2D eigenvalue weighted by atomic mass is 10.4. The average molecular weight is 317 g/mol. The van der Waals surface area contributed by atoms with Gasteiger partial charge in [0.05, 0.1) is 0 Å². The maximum absolute atomic E-state index is 11.9. The zero-order valence-corrected chi connectivity index (χ0v) is 11.8. The highest BCUT2D eigenvalue weighted by atomic mass is 35.5. The van der Waals surface area contributed by atoms with Crippen LogP contribution in [0, 0.1) is 0 Å². The lowest BCUT2D eigenvalue weighted by molar-refractivity contribution is 0.0998. The minimum atomic E-state index is -0.745. The predicted octanol–water partition coefficient (Wildman–Crippen LogP) is -1.04. The summed E-state index contributed by atoms with van der Waals surface area (Å²) < 4.78 is 0. The van der Waals surface area contributed by atoms with Crippen molar-refractivity contribution in [1.82, 2.24) is 20.6 Å². The number of nitrogens with zero attached hydrogens (tertiary/aromatic N) is 3. The van der Waals surface area contributed by atoms with Crippen molar-refractivity contribution in [3.05, 3.63) is 10.8 Å². The average Bonchev–Trinajstić information content (AvgIpc) is 2.86. The van der Waals surface area contributed by atoms with Crippen LogP contribution in [0.4, 0.5) is 11.6 Å². The number of hydrogen-bond donors (Lipinski definition) is 5. The van der Waals surface area contributed by atoms with E-state index in [0.29, 0.717) is 0 Å². The molecular formula is C9H13ClN8OS. The third-order valence-electron chi connectivity index (χ3n) is 2.32. The molecule has 108 valence electrons. The molecule has 2 heterocycles. The van der Waals surface area contributed by atoms with Crippen molar-refractivity contribution in [2.45, 2.75) is 5.50 Å². The van der Waals surface area contributed by atoms with Crippen molar-refractivity contribution in [3.8, 4) is 0 Å². The topological polar surface area (TPSA) is 157 Å². The molecule has 0 aromatic carbocycles. The predicted molar refractivity (Wildman–Crippen MR) is 79.2 cm³/mol. The summed E-state index contributed by atoms with van der Waals surface area (Å²) in [5.41, 5.74) is 16.3. The molecule has 1 aromatic heterocycles. The summed E-state index contributed by atoms with van der Waals surface area (Å²) in [5, 5.41) is 5.84. The third-order valence-corrected chi connectivity index (χ3v) is 3.66. The summed E-state index contributed by atoms with van der Waals surface area (Å²) >= 11 is 7.31. The van der Waals surface area contributed by atoms with E-state index in [1.807, 2.05) is 0 Å². The van der Waals surface area contributed by atoms with Crippen molar-refractivity contribution in [2.75, 3.05) is 23.8 Å². The Morgan fingerprint density at radius 3 is 2.85 bits per heavy atom. The Bertz CT molecular complexity index is 559. The van der Waals surface area contributed by atoms with Crippen LogP contribution in [0.1, 0.15) is 10.5 Å². The smallest absolute Gasteiger partial charge is 0.302 e. The van der Waals surface area contributed by atoms with E-state index in [4.69, 9.17) is 28.8 Å². The Kier molecular flexibility index (Phi) is 4.47. The van der Waals surface area contributed by atoms with Gasteiger partial charge in [-0.2, -0.15) is 4.99 Å². The maximum atomic E-state index is 11.9. The Morgan fingerprint density at radius 1 is 1.45 bits per heavy atom. The quantitative estimate of drug-likeness (QED) is 0.339. The summed E-state index contributed by atoms with van der Waals surface area (Å²) in [5.74, 6) is -0.0460. The van der Waals surface area contributed by atoms with Crippen LogP contribution in [-0.4, -0.2) is 39.6 Å². The molecule has 1 aromatic rings. The number of rotatable bonds is 2. The van der Waals surface area contributed by atoms with Crippen LogP contribution in [-0.2, 0) is 0 Å². The molecule has 1 saturated heterocycles. The molecule has 20 heavy (non-hydrogen) atoms. The van der Waals surface area contributed by atoms with E-state index in [9.17, 15) is 4.79 Å². The fourth-order valence-corrected chi connectivity index (χ4v) is 2.48. The second-order valence-electron chi connectivity index (χ2n) is 3.78. The van der Waals surface area contributed by atoms with Crippen LogP contribution in [0.5, 0.6) is 0 Å². The number of guanidine groups is 1. The van der Waals surface area contributed by atoms with Crippen molar-refractivity contribution in [1.29, 1.82) is 0 Å². The molecule has 1 aliphatic rings. The molecule has 0 bridgehead atoms. The van der Waals surface area contributed by atoms with Crippen LogP contribution in [0.2, 0.25) is 5.15 Å². The van der Waals surface area contributed by atoms with E-state index in [-0.39, 0.29) is 33.9 Å². The number of anilines is 2. The van der Waals surface area contributed by atoms with E-state index >= 15 is 0 Å². The highest BCUT2D eigenvalue weighted by Gasteiger charge is 2.18. The lowest BCUT2D eigenvalue weighted by Crippen LogP contribution is -2.44. The third kappa shape index (κ3) is 3.40. The number of nitrogens with two attached hydrogens (primary N) is 3. The normalized spacial score (nSPS) is 19.1. The zero-order chi connectivity index (χ0) is 14.7. The minimum Gasteiger partial charge on any atom is -0.382 e. The number of amides is 1. The number of thioether (sulfide) groups is 1. The first-order valence-electron chi connectivity index (χ1n) is 5.56. The van der Waals surface area contributed by atoms with Gasteiger partial charge < -0.3 is 22.5 Å². The van der Waals surface area contributed by atoms with E-state index in [1.165, 1.54) is 0 Å². The molecule has 0 radical (unpaired) electrons. The van der Waals surface area contributed by atoms with Crippen LogP contribution >= 0.6 is 23.4 Å². The van der Waals surface area contributed by atoms with Crippen LogP contribution in [0.25, 0.3) is 0 Å². The molecule has 0 saturated carbocycles. The molecule has 11 heteroatoms. The molecule has 9 nitrogen and oxygen atoms in total. The van der Waals surface area contributed by atoms with Crippen LogP contribution < -0.4 is 27.8 Å². The molecule has 0 spiro atoms. The van der Waals surface area contributed by atoms with Crippen molar-refractivity contribution >= 4 is 46.9 Å². The molecule has 1 fully saturated rings. The van der Waals surface area contributed by atoms with Gasteiger partial charge in [-0.3, -0.25) is 10.1 Å². The van der Waals surface area contributed by atoms with Crippen molar-refractivity contribution in [2.24, 2.45) is 10.7 Å². The van der Waals surface area contributed by atoms with E-state index < -0.39 is 5.91 Å². The van der Waals surface area contributed by atoms with E-state index in [0.717, 1.165) is 12.3 Å². The number of carbonyl (C=O) groups is 1. The molecule has 1 amide bonds. The number of hydrogen-bond acceptors (Lipinski definition) is 7. The Balaban J connectivity index is 2.12. The second-order valence-corrected chi connectivity index (χ2v) is 5.36. The molecule has 1 aliphatic heterocycles. The van der Waals surface area contributed by atoms with Crippen LogP contribution in [0.3, 0.4) is 0 Å². The number of nitrogen functional groups attached to an aromatic ring is 2. The molecule has 2 rings (SSSR count). The van der Waals surface area contributed by atoms with E-state index in [1.54, 1.807) is 11.8 Å². The number of halogens is 1. The lowest BCUT2D eigenvalue weighted by Gasteiger charge is -2.11. The number of nitrogens with one attached hydrogen (secondary N) is 2. The highest BCUT2D eigenvalue weighted by Crippen LogP contribution is 2.18. The fraction of sp³-hybridized carbons (Fsp3) is 0.333. The number of aromatic nitrogens is 2. The standard InChI is InChI=1S/C9H13ClN8OS/c10-4-6(12)16-5(11)3(15-4)7(19)17-8(13)18-9-14-1-2-20-9/h9,14H,1-2H2,(H4,11,12,16)(H3,13,17,18,19). The number of aliphatic imine (C=N–C) groups is 1. The van der Waals surface area contributed by atoms with Gasteiger partial charge >= 0.3 is 5.91 Å². The van der Waals surface area contributed by atoms with Gasteiger partial charge in [-0.25, -0.2) is 9.97 Å². The van der Waals surface area contributed by atoms with Gasteiger partial charge in [-0.15, -0.1) is 11.8 Å². The highest BCUT2D eigenvalue weighted by molar-refractivity contribution is 8.00. The van der Waals surface area contributed by atoms with Crippen LogP contribution in [0.15, 0.2) is 4.99 Å². The molecule has 0 aliphatic carbocycles. The summed E-state index contributed by atoms with van der Waals surface area (Å²) in [7, 11) is 0. The molecule has 1 atom stereocenters. The Hall–Kier alpha value is -1.78. The largest absolute Gasteiger partial charge is 0.382 e. The van der Waals surface area contributed by atoms with Crippen molar-refractivity contribution < 1.29 is 4.79 Å². The van der Waals surface area contributed by atoms with E-state index in [2.05, 4.69) is 25.6 Å². The molecule has 1 unspecified atom stereocenters. The van der Waals surface area contributed by atoms with Gasteiger partial charge in [0.2, 0.25) is 0 Å². The Morgan fingerprint density at radius 2 is 2.20 bits per heavy atom. The van der Waals surface area contributed by atoms with Gasteiger partial charge in [-0.1, -0.05) is 11.6 Å². The van der Waals surface area contributed by atoms with Gasteiger partial charge in [0.1, 0.15) is 5.50 Å². The van der Waals surface area contributed by atoms with Gasteiger partial charge in [0.15, 0.2) is 28.4 Å². The molecular weight excluding hydrogens is 304 g/mol. The fourth-order valence-electron chi connectivity index (χ4n) is 1.45. The molecule has 8 N–H and O–H groups in total. The second kappa shape index (κ2) is 6.11. The van der Waals surface area contributed by atoms with Gasteiger partial charge in [0, 0.05) is 12.3 Å². The summed E-state index contributed by atoms with van der Waals surface area (Å²) in [6.45, 7) is 0.857. The Labute approximate surface area is 123 Å². The summed E-state index contributed by atoms with van der Waals surface area (Å²) in [4.78, 5) is 23.0. The van der Waals surface area contributed by atoms with Gasteiger partial charge in [-0.05, 0) is 0 Å².